The lowest BCUT2D eigenvalue weighted by Crippen LogP contribution is -2.39. The van der Waals surface area contributed by atoms with Crippen LogP contribution in [0, 0.1) is 5.41 Å². The van der Waals surface area contributed by atoms with Gasteiger partial charge >= 0.3 is 6.03 Å². The minimum absolute atomic E-state index is 0.104. The number of amides is 2. The van der Waals surface area contributed by atoms with Crippen molar-refractivity contribution in [3.05, 3.63) is 0 Å². The molecule has 0 radical (unpaired) electrons. The first-order valence-electron chi connectivity index (χ1n) is 5.08. The molecule has 0 bridgehead atoms. The van der Waals surface area contributed by atoms with E-state index in [0.29, 0.717) is 5.41 Å². The molecule has 1 saturated heterocycles. The van der Waals surface area contributed by atoms with E-state index in [4.69, 9.17) is 0 Å². The summed E-state index contributed by atoms with van der Waals surface area (Å²) in [5.41, 5.74) is 0.309. The molecule has 1 N–H and O–H groups in total. The molecule has 0 aromatic rings. The monoisotopic (exact) mass is 184 g/mol. The van der Waals surface area contributed by atoms with E-state index in [2.05, 4.69) is 26.1 Å². The van der Waals surface area contributed by atoms with Crippen LogP contribution >= 0.6 is 0 Å². The Balaban J connectivity index is 2.33. The highest BCUT2D eigenvalue weighted by Crippen LogP contribution is 2.28. The van der Waals surface area contributed by atoms with Crippen LogP contribution in [0.3, 0.4) is 0 Å². The van der Waals surface area contributed by atoms with Gasteiger partial charge in [-0.1, -0.05) is 20.8 Å². The number of hydrogen-bond acceptors (Lipinski definition) is 1. The third-order valence-corrected chi connectivity index (χ3v) is 2.49. The molecule has 1 fully saturated rings. The molecular formula is C10H20N2O. The summed E-state index contributed by atoms with van der Waals surface area (Å²) in [4.78, 5) is 13.4. The zero-order valence-electron chi connectivity index (χ0n) is 8.89. The van der Waals surface area contributed by atoms with E-state index >= 15 is 0 Å². The van der Waals surface area contributed by atoms with Gasteiger partial charge in [-0.2, -0.15) is 0 Å². The Morgan fingerprint density at radius 2 is 2.23 bits per heavy atom. The quantitative estimate of drug-likeness (QED) is 0.697. The Morgan fingerprint density at radius 3 is 2.69 bits per heavy atom. The van der Waals surface area contributed by atoms with E-state index in [1.54, 1.807) is 0 Å². The molecule has 0 aliphatic carbocycles. The van der Waals surface area contributed by atoms with E-state index in [1.165, 1.54) is 0 Å². The van der Waals surface area contributed by atoms with Gasteiger partial charge in [0, 0.05) is 19.6 Å². The number of rotatable bonds is 2. The number of hydrogen-bond donors (Lipinski definition) is 1. The standard InChI is InChI=1S/C10H20N2O/c1-4-6-11-9(13)12-7-5-10(2,3)8-12/h4-8H2,1-3H3,(H,11,13). The first kappa shape index (κ1) is 10.4. The maximum absolute atomic E-state index is 11.5. The van der Waals surface area contributed by atoms with Crippen molar-refractivity contribution in [3.63, 3.8) is 0 Å². The molecule has 3 heteroatoms. The molecule has 2 amide bonds. The van der Waals surface area contributed by atoms with Crippen molar-refractivity contribution < 1.29 is 4.79 Å². The van der Waals surface area contributed by atoms with Crippen molar-refractivity contribution in [2.24, 2.45) is 5.41 Å². The van der Waals surface area contributed by atoms with E-state index in [1.807, 2.05) is 4.90 Å². The molecule has 1 heterocycles. The number of urea groups is 1. The van der Waals surface area contributed by atoms with Crippen LogP contribution in [0.2, 0.25) is 0 Å². The van der Waals surface area contributed by atoms with E-state index in [9.17, 15) is 4.79 Å². The second-order valence-electron chi connectivity index (χ2n) is 4.57. The van der Waals surface area contributed by atoms with Gasteiger partial charge in [-0.25, -0.2) is 4.79 Å². The fourth-order valence-corrected chi connectivity index (χ4v) is 1.63. The van der Waals surface area contributed by atoms with Crippen molar-refractivity contribution in [1.82, 2.24) is 10.2 Å². The average molecular weight is 184 g/mol. The molecular weight excluding hydrogens is 164 g/mol. The second-order valence-corrected chi connectivity index (χ2v) is 4.57. The fraction of sp³-hybridized carbons (Fsp3) is 0.900. The van der Waals surface area contributed by atoms with Crippen molar-refractivity contribution in [2.75, 3.05) is 19.6 Å². The molecule has 0 atom stereocenters. The van der Waals surface area contributed by atoms with Gasteiger partial charge in [0.1, 0.15) is 0 Å². The summed E-state index contributed by atoms with van der Waals surface area (Å²) in [7, 11) is 0. The van der Waals surface area contributed by atoms with Crippen LogP contribution in [-0.4, -0.2) is 30.6 Å². The predicted molar refractivity (Wildman–Crippen MR) is 53.7 cm³/mol. The first-order chi connectivity index (χ1) is 6.05. The molecule has 1 rings (SSSR count). The zero-order chi connectivity index (χ0) is 9.90. The van der Waals surface area contributed by atoms with Gasteiger partial charge in [-0.3, -0.25) is 0 Å². The van der Waals surface area contributed by atoms with Crippen molar-refractivity contribution in [3.8, 4) is 0 Å². The van der Waals surface area contributed by atoms with Crippen LogP contribution in [0.5, 0.6) is 0 Å². The Hall–Kier alpha value is -0.730. The predicted octanol–water partition coefficient (Wildman–Crippen LogP) is 1.84. The lowest BCUT2D eigenvalue weighted by molar-refractivity contribution is 0.203. The van der Waals surface area contributed by atoms with Gasteiger partial charge in [0.25, 0.3) is 0 Å². The van der Waals surface area contributed by atoms with Crippen LogP contribution in [0.4, 0.5) is 4.79 Å². The van der Waals surface area contributed by atoms with Crippen molar-refractivity contribution in [1.29, 1.82) is 0 Å². The van der Waals surface area contributed by atoms with Crippen molar-refractivity contribution >= 4 is 6.03 Å². The lowest BCUT2D eigenvalue weighted by atomic mass is 9.93. The summed E-state index contributed by atoms with van der Waals surface area (Å²) in [5, 5.41) is 2.90. The minimum Gasteiger partial charge on any atom is -0.338 e. The molecule has 3 nitrogen and oxygen atoms in total. The van der Waals surface area contributed by atoms with Crippen molar-refractivity contribution in [2.45, 2.75) is 33.6 Å². The van der Waals surface area contributed by atoms with E-state index in [-0.39, 0.29) is 6.03 Å². The maximum atomic E-state index is 11.5. The molecule has 1 aliphatic heterocycles. The largest absolute Gasteiger partial charge is 0.338 e. The van der Waals surface area contributed by atoms with Crippen LogP contribution in [-0.2, 0) is 0 Å². The van der Waals surface area contributed by atoms with Crippen LogP contribution in [0.25, 0.3) is 0 Å². The lowest BCUT2D eigenvalue weighted by Gasteiger charge is -2.20. The van der Waals surface area contributed by atoms with Gasteiger partial charge in [0.2, 0.25) is 0 Å². The molecule has 0 aromatic carbocycles. The molecule has 76 valence electrons. The third kappa shape index (κ3) is 2.90. The number of carbonyl (C=O) groups is 1. The second kappa shape index (κ2) is 3.99. The summed E-state index contributed by atoms with van der Waals surface area (Å²) in [5.74, 6) is 0. The zero-order valence-corrected chi connectivity index (χ0v) is 8.89. The van der Waals surface area contributed by atoms with Gasteiger partial charge in [-0.05, 0) is 18.3 Å². The number of likely N-dealkylation sites (tertiary alicyclic amines) is 1. The highest BCUT2D eigenvalue weighted by atomic mass is 16.2. The van der Waals surface area contributed by atoms with Gasteiger partial charge in [0.15, 0.2) is 0 Å². The topological polar surface area (TPSA) is 32.3 Å². The van der Waals surface area contributed by atoms with Crippen LogP contribution < -0.4 is 5.32 Å². The molecule has 13 heavy (non-hydrogen) atoms. The van der Waals surface area contributed by atoms with Crippen LogP contribution in [0.15, 0.2) is 0 Å². The summed E-state index contributed by atoms with van der Waals surface area (Å²) in [6.45, 7) is 9.06. The molecule has 0 spiro atoms. The van der Waals surface area contributed by atoms with Gasteiger partial charge < -0.3 is 10.2 Å². The summed E-state index contributed by atoms with van der Waals surface area (Å²) < 4.78 is 0. The SMILES string of the molecule is CCCNC(=O)N1CCC(C)(C)C1. The number of carbonyl (C=O) groups excluding carboxylic acids is 1. The maximum Gasteiger partial charge on any atom is 0.317 e. The summed E-state index contributed by atoms with van der Waals surface area (Å²) in [6, 6.07) is 0.104. The Kier molecular flexibility index (Phi) is 3.17. The average Bonchev–Trinajstić information content (AvgIpc) is 2.42. The molecule has 0 unspecified atom stereocenters. The third-order valence-electron chi connectivity index (χ3n) is 2.49. The summed E-state index contributed by atoms with van der Waals surface area (Å²) in [6.07, 6.45) is 2.12. The Morgan fingerprint density at radius 1 is 1.54 bits per heavy atom. The highest BCUT2D eigenvalue weighted by Gasteiger charge is 2.31. The minimum atomic E-state index is 0.104. The molecule has 0 aromatic heterocycles. The highest BCUT2D eigenvalue weighted by molar-refractivity contribution is 5.74. The first-order valence-corrected chi connectivity index (χ1v) is 5.08. The summed E-state index contributed by atoms with van der Waals surface area (Å²) >= 11 is 0. The molecule has 0 saturated carbocycles. The van der Waals surface area contributed by atoms with Gasteiger partial charge in [-0.15, -0.1) is 0 Å². The Labute approximate surface area is 80.5 Å². The van der Waals surface area contributed by atoms with E-state index in [0.717, 1.165) is 32.5 Å². The smallest absolute Gasteiger partial charge is 0.317 e. The molecule has 1 aliphatic rings. The normalized spacial score (nSPS) is 20.4. The van der Waals surface area contributed by atoms with Crippen LogP contribution in [0.1, 0.15) is 33.6 Å². The fourth-order valence-electron chi connectivity index (χ4n) is 1.63. The van der Waals surface area contributed by atoms with Gasteiger partial charge in [0.05, 0.1) is 0 Å². The number of nitrogens with one attached hydrogen (secondary N) is 1. The Bertz CT molecular complexity index is 189. The van der Waals surface area contributed by atoms with E-state index < -0.39 is 0 Å². The number of nitrogens with zero attached hydrogens (tertiary/aromatic N) is 1.